The van der Waals surface area contributed by atoms with Crippen LogP contribution in [-0.4, -0.2) is 19.8 Å². The first-order valence-electron chi connectivity index (χ1n) is 5.33. The molecule has 0 bridgehead atoms. The molecule has 0 unspecified atom stereocenters. The van der Waals surface area contributed by atoms with Crippen molar-refractivity contribution < 1.29 is 9.47 Å². The van der Waals surface area contributed by atoms with Gasteiger partial charge >= 0.3 is 0 Å². The Kier molecular flexibility index (Phi) is 1.74. The number of fused-ring (bicyclic) bond motifs is 2. The highest BCUT2D eigenvalue weighted by molar-refractivity contribution is 5.51. The summed E-state index contributed by atoms with van der Waals surface area (Å²) in [6.45, 7) is 0.785. The van der Waals surface area contributed by atoms with Gasteiger partial charge in [-0.3, -0.25) is 0 Å². The summed E-state index contributed by atoms with van der Waals surface area (Å²) in [5.74, 6) is 1.87. The number of hydrogen-bond acceptors (Lipinski definition) is 3. The first-order valence-corrected chi connectivity index (χ1v) is 5.33. The third kappa shape index (κ3) is 1.16. The van der Waals surface area contributed by atoms with Crippen LogP contribution < -0.4 is 15.2 Å². The Morgan fingerprint density at radius 2 is 2.33 bits per heavy atom. The average Bonchev–Trinajstić information content (AvgIpc) is 2.90. The van der Waals surface area contributed by atoms with Gasteiger partial charge in [0.1, 0.15) is 11.5 Å². The van der Waals surface area contributed by atoms with Crippen molar-refractivity contribution in [2.75, 3.05) is 13.7 Å². The lowest BCUT2D eigenvalue weighted by Gasteiger charge is -2.26. The lowest BCUT2D eigenvalue weighted by Crippen LogP contribution is -2.26. The van der Waals surface area contributed by atoms with Crippen LogP contribution in [-0.2, 0) is 5.41 Å². The molecule has 2 aliphatic rings. The molecule has 0 aromatic heterocycles. The van der Waals surface area contributed by atoms with Crippen LogP contribution in [0.4, 0.5) is 0 Å². The molecule has 3 heteroatoms. The Labute approximate surface area is 89.2 Å². The Morgan fingerprint density at radius 1 is 1.53 bits per heavy atom. The van der Waals surface area contributed by atoms with Crippen molar-refractivity contribution in [3.8, 4) is 11.5 Å². The predicted molar refractivity (Wildman–Crippen MR) is 57.4 cm³/mol. The third-order valence-corrected chi connectivity index (χ3v) is 3.66. The lowest BCUT2D eigenvalue weighted by atomic mass is 9.89. The summed E-state index contributed by atoms with van der Waals surface area (Å²) >= 11 is 0. The van der Waals surface area contributed by atoms with E-state index in [9.17, 15) is 0 Å². The van der Waals surface area contributed by atoms with Gasteiger partial charge in [-0.05, 0) is 31.0 Å². The number of ether oxygens (including phenoxy) is 2. The van der Waals surface area contributed by atoms with Crippen molar-refractivity contribution in [2.45, 2.75) is 24.3 Å². The van der Waals surface area contributed by atoms with Crippen LogP contribution in [0.1, 0.15) is 18.4 Å². The molecule has 0 saturated heterocycles. The van der Waals surface area contributed by atoms with Gasteiger partial charge in [0, 0.05) is 17.0 Å². The minimum Gasteiger partial charge on any atom is -0.497 e. The Morgan fingerprint density at radius 3 is 3.00 bits per heavy atom. The summed E-state index contributed by atoms with van der Waals surface area (Å²) in [4.78, 5) is 0. The highest BCUT2D eigenvalue weighted by Gasteiger charge is 2.55. The monoisotopic (exact) mass is 205 g/mol. The van der Waals surface area contributed by atoms with E-state index in [1.165, 1.54) is 5.56 Å². The van der Waals surface area contributed by atoms with Gasteiger partial charge in [-0.1, -0.05) is 0 Å². The zero-order valence-corrected chi connectivity index (χ0v) is 8.82. The molecule has 1 aliphatic carbocycles. The molecule has 2 atom stereocenters. The number of benzene rings is 1. The van der Waals surface area contributed by atoms with Crippen molar-refractivity contribution in [2.24, 2.45) is 5.73 Å². The molecule has 15 heavy (non-hydrogen) atoms. The Balaban J connectivity index is 2.09. The molecule has 1 heterocycles. The molecular formula is C12H15NO2. The minimum absolute atomic E-state index is 0.183. The maximum absolute atomic E-state index is 6.04. The van der Waals surface area contributed by atoms with Gasteiger partial charge in [-0.25, -0.2) is 0 Å². The molecule has 80 valence electrons. The third-order valence-electron chi connectivity index (χ3n) is 3.66. The van der Waals surface area contributed by atoms with Gasteiger partial charge in [0.2, 0.25) is 0 Å². The summed E-state index contributed by atoms with van der Waals surface area (Å²) in [5, 5.41) is 0. The van der Waals surface area contributed by atoms with Crippen LogP contribution in [0.15, 0.2) is 18.2 Å². The molecule has 3 nitrogen and oxygen atoms in total. The van der Waals surface area contributed by atoms with Gasteiger partial charge in [-0.2, -0.15) is 0 Å². The molecule has 1 spiro atoms. The van der Waals surface area contributed by atoms with E-state index in [0.29, 0.717) is 6.04 Å². The molecule has 0 radical (unpaired) electrons. The fourth-order valence-electron chi connectivity index (χ4n) is 2.56. The van der Waals surface area contributed by atoms with Gasteiger partial charge < -0.3 is 15.2 Å². The van der Waals surface area contributed by atoms with E-state index in [0.717, 1.165) is 30.9 Å². The zero-order chi connectivity index (χ0) is 10.5. The second kappa shape index (κ2) is 2.89. The second-order valence-electron chi connectivity index (χ2n) is 4.43. The van der Waals surface area contributed by atoms with E-state index in [1.54, 1.807) is 7.11 Å². The zero-order valence-electron chi connectivity index (χ0n) is 8.82. The normalized spacial score (nSPS) is 32.0. The molecular weight excluding hydrogens is 190 g/mol. The Hall–Kier alpha value is -1.22. The molecule has 0 amide bonds. The summed E-state index contributed by atoms with van der Waals surface area (Å²) < 4.78 is 10.9. The van der Waals surface area contributed by atoms with E-state index in [-0.39, 0.29) is 5.41 Å². The number of methoxy groups -OCH3 is 1. The lowest BCUT2D eigenvalue weighted by molar-refractivity contribution is 0.257. The fraction of sp³-hybridized carbons (Fsp3) is 0.500. The van der Waals surface area contributed by atoms with E-state index >= 15 is 0 Å². The van der Waals surface area contributed by atoms with Gasteiger partial charge in [0.05, 0.1) is 13.7 Å². The summed E-state index contributed by atoms with van der Waals surface area (Å²) in [6, 6.07) is 6.29. The Bertz CT molecular complexity index is 405. The quantitative estimate of drug-likeness (QED) is 0.754. The molecule has 1 fully saturated rings. The minimum atomic E-state index is 0.183. The van der Waals surface area contributed by atoms with Crippen LogP contribution in [0.25, 0.3) is 0 Å². The summed E-state index contributed by atoms with van der Waals surface area (Å²) in [7, 11) is 1.69. The van der Waals surface area contributed by atoms with E-state index in [4.69, 9.17) is 15.2 Å². The first kappa shape index (κ1) is 9.04. The van der Waals surface area contributed by atoms with Crippen LogP contribution in [0.2, 0.25) is 0 Å². The number of rotatable bonds is 1. The largest absolute Gasteiger partial charge is 0.497 e. The average molecular weight is 205 g/mol. The molecule has 2 N–H and O–H groups in total. The fourth-order valence-corrected chi connectivity index (χ4v) is 2.56. The van der Waals surface area contributed by atoms with Crippen LogP contribution >= 0.6 is 0 Å². The molecule has 1 saturated carbocycles. The molecule has 1 aromatic carbocycles. The van der Waals surface area contributed by atoms with E-state index in [1.807, 2.05) is 12.1 Å². The summed E-state index contributed by atoms with van der Waals surface area (Å²) in [6.07, 6.45) is 2.12. The maximum Gasteiger partial charge on any atom is 0.123 e. The van der Waals surface area contributed by atoms with Crippen molar-refractivity contribution in [3.05, 3.63) is 23.8 Å². The molecule has 3 rings (SSSR count). The van der Waals surface area contributed by atoms with Crippen molar-refractivity contribution >= 4 is 0 Å². The van der Waals surface area contributed by atoms with Gasteiger partial charge in [0.15, 0.2) is 0 Å². The number of hydrogen-bond donors (Lipinski definition) is 1. The van der Waals surface area contributed by atoms with Crippen molar-refractivity contribution in [3.63, 3.8) is 0 Å². The predicted octanol–water partition coefficient (Wildman–Crippen LogP) is 1.45. The maximum atomic E-state index is 6.04. The molecule has 1 aliphatic heterocycles. The van der Waals surface area contributed by atoms with Crippen molar-refractivity contribution in [1.82, 2.24) is 0 Å². The highest BCUT2D eigenvalue weighted by Crippen LogP contribution is 2.55. The van der Waals surface area contributed by atoms with Gasteiger partial charge in [0.25, 0.3) is 0 Å². The molecule has 1 aromatic rings. The SMILES string of the molecule is COc1ccc2c(c1)[C@]1(CCO2)C[C@H]1N. The van der Waals surface area contributed by atoms with E-state index < -0.39 is 0 Å². The van der Waals surface area contributed by atoms with Crippen LogP contribution in [0.5, 0.6) is 11.5 Å². The van der Waals surface area contributed by atoms with Crippen LogP contribution in [0.3, 0.4) is 0 Å². The standard InChI is InChI=1S/C12H15NO2/c1-14-8-2-3-10-9(6-8)12(4-5-15-10)7-11(12)13/h2-3,6,11H,4-5,7,13H2,1H3/t11-,12+/m1/s1. The highest BCUT2D eigenvalue weighted by atomic mass is 16.5. The smallest absolute Gasteiger partial charge is 0.123 e. The number of nitrogens with two attached hydrogens (primary N) is 1. The van der Waals surface area contributed by atoms with Crippen molar-refractivity contribution in [1.29, 1.82) is 0 Å². The van der Waals surface area contributed by atoms with Crippen LogP contribution in [0, 0.1) is 0 Å². The van der Waals surface area contributed by atoms with Gasteiger partial charge in [-0.15, -0.1) is 0 Å². The topological polar surface area (TPSA) is 44.5 Å². The first-order chi connectivity index (χ1) is 7.26. The summed E-state index contributed by atoms with van der Waals surface area (Å²) in [5.41, 5.74) is 7.46. The second-order valence-corrected chi connectivity index (χ2v) is 4.43. The van der Waals surface area contributed by atoms with E-state index in [2.05, 4.69) is 6.07 Å².